The molecule has 0 atom stereocenters. The Hall–Kier alpha value is -0.630. The van der Waals surface area contributed by atoms with Crippen molar-refractivity contribution in [3.05, 3.63) is 22.7 Å². The number of ether oxygens (including phenoxy) is 1. The smallest absolute Gasteiger partial charge is 0.238 e. The molecule has 2 N–H and O–H groups in total. The van der Waals surface area contributed by atoms with Crippen LogP contribution in [0.15, 0.2) is 27.6 Å². The highest BCUT2D eigenvalue weighted by Crippen LogP contribution is 2.29. The minimum Gasteiger partial charge on any atom is -0.378 e. The van der Waals surface area contributed by atoms with E-state index >= 15 is 0 Å². The molecule has 0 amide bonds. The molecule has 0 unspecified atom stereocenters. The number of rotatable bonds is 2. The maximum Gasteiger partial charge on any atom is 0.238 e. The number of anilines is 1. The SMILES string of the molecule is NS(=O)(=O)c1ccc(N2CCOCC2)c(Br)c1. The third-order valence-electron chi connectivity index (χ3n) is 2.60. The molecule has 7 heteroatoms. The molecule has 1 aliphatic heterocycles. The number of morpholine rings is 1. The first-order chi connectivity index (χ1) is 7.98. The van der Waals surface area contributed by atoms with Gasteiger partial charge >= 0.3 is 0 Å². The minimum atomic E-state index is -3.65. The van der Waals surface area contributed by atoms with Gasteiger partial charge in [-0.25, -0.2) is 13.6 Å². The van der Waals surface area contributed by atoms with Crippen LogP contribution in [0.3, 0.4) is 0 Å². The van der Waals surface area contributed by atoms with Crippen LogP contribution in [0.4, 0.5) is 5.69 Å². The molecule has 1 heterocycles. The van der Waals surface area contributed by atoms with E-state index in [1.807, 2.05) is 0 Å². The van der Waals surface area contributed by atoms with Crippen LogP contribution in [0.25, 0.3) is 0 Å². The molecule has 0 spiro atoms. The normalized spacial score (nSPS) is 17.2. The summed E-state index contributed by atoms with van der Waals surface area (Å²) in [4.78, 5) is 2.25. The van der Waals surface area contributed by atoms with Crippen LogP contribution in [-0.4, -0.2) is 34.7 Å². The van der Waals surface area contributed by atoms with Crippen molar-refractivity contribution in [1.29, 1.82) is 0 Å². The van der Waals surface area contributed by atoms with Gasteiger partial charge < -0.3 is 9.64 Å². The van der Waals surface area contributed by atoms with E-state index in [4.69, 9.17) is 9.88 Å². The average Bonchev–Trinajstić information content (AvgIpc) is 2.29. The second-order valence-electron chi connectivity index (χ2n) is 3.76. The Labute approximate surface area is 109 Å². The lowest BCUT2D eigenvalue weighted by Crippen LogP contribution is -2.36. The van der Waals surface area contributed by atoms with Crippen molar-refractivity contribution in [2.45, 2.75) is 4.90 Å². The van der Waals surface area contributed by atoms with E-state index in [0.717, 1.165) is 23.2 Å². The summed E-state index contributed by atoms with van der Waals surface area (Å²) in [5.74, 6) is 0. The predicted molar refractivity (Wildman–Crippen MR) is 68.5 cm³/mol. The Morgan fingerprint density at radius 1 is 1.29 bits per heavy atom. The number of benzene rings is 1. The fraction of sp³-hybridized carbons (Fsp3) is 0.400. The number of hydrogen-bond donors (Lipinski definition) is 1. The van der Waals surface area contributed by atoms with Gasteiger partial charge in [0.05, 0.1) is 23.8 Å². The fourth-order valence-electron chi connectivity index (χ4n) is 1.73. The van der Waals surface area contributed by atoms with Crippen LogP contribution >= 0.6 is 15.9 Å². The van der Waals surface area contributed by atoms with Gasteiger partial charge in [-0.2, -0.15) is 0 Å². The zero-order chi connectivity index (χ0) is 12.5. The van der Waals surface area contributed by atoms with E-state index in [0.29, 0.717) is 13.2 Å². The fourth-order valence-corrected chi connectivity index (χ4v) is 3.05. The highest BCUT2D eigenvalue weighted by Gasteiger charge is 2.16. The summed E-state index contributed by atoms with van der Waals surface area (Å²) in [5.41, 5.74) is 0.959. The third kappa shape index (κ3) is 2.98. The van der Waals surface area contributed by atoms with Crippen LogP contribution < -0.4 is 10.0 Å². The molecule has 2 rings (SSSR count). The molecule has 17 heavy (non-hydrogen) atoms. The molecule has 1 fully saturated rings. The summed E-state index contributed by atoms with van der Waals surface area (Å²) in [5, 5.41) is 5.07. The van der Waals surface area contributed by atoms with Gasteiger partial charge in [0.1, 0.15) is 0 Å². The number of halogens is 1. The summed E-state index contributed by atoms with van der Waals surface area (Å²) in [6.45, 7) is 2.97. The highest BCUT2D eigenvalue weighted by molar-refractivity contribution is 9.10. The number of nitrogens with zero attached hydrogens (tertiary/aromatic N) is 1. The first-order valence-corrected chi connectivity index (χ1v) is 7.47. The maximum atomic E-state index is 11.2. The number of hydrogen-bond acceptors (Lipinski definition) is 4. The monoisotopic (exact) mass is 320 g/mol. The first kappa shape index (κ1) is 12.8. The summed E-state index contributed by atoms with van der Waals surface area (Å²) in [7, 11) is -3.65. The summed E-state index contributed by atoms with van der Waals surface area (Å²) in [6, 6.07) is 4.81. The van der Waals surface area contributed by atoms with Crippen LogP contribution in [-0.2, 0) is 14.8 Å². The Morgan fingerprint density at radius 2 is 1.94 bits per heavy atom. The van der Waals surface area contributed by atoms with Crippen LogP contribution in [0.5, 0.6) is 0 Å². The van der Waals surface area contributed by atoms with Crippen molar-refractivity contribution in [2.75, 3.05) is 31.2 Å². The Morgan fingerprint density at radius 3 is 2.47 bits per heavy atom. The first-order valence-electron chi connectivity index (χ1n) is 5.13. The molecule has 0 aliphatic carbocycles. The number of primary sulfonamides is 1. The zero-order valence-corrected chi connectivity index (χ0v) is 11.5. The van der Waals surface area contributed by atoms with Gasteiger partial charge in [-0.1, -0.05) is 0 Å². The lowest BCUT2D eigenvalue weighted by atomic mass is 10.2. The molecule has 1 aromatic carbocycles. The van der Waals surface area contributed by atoms with Crippen molar-refractivity contribution in [1.82, 2.24) is 0 Å². The number of nitrogens with two attached hydrogens (primary N) is 1. The minimum absolute atomic E-state index is 0.112. The standard InChI is InChI=1S/C10H13BrN2O3S/c11-9-7-8(17(12,14)15)1-2-10(9)13-3-5-16-6-4-13/h1-2,7H,3-6H2,(H2,12,14,15). The van der Waals surface area contributed by atoms with Gasteiger partial charge in [-0.3, -0.25) is 0 Å². The average molecular weight is 321 g/mol. The Bertz CT molecular complexity index is 512. The molecule has 5 nitrogen and oxygen atoms in total. The van der Waals surface area contributed by atoms with Crippen molar-refractivity contribution >= 4 is 31.6 Å². The van der Waals surface area contributed by atoms with Crippen molar-refractivity contribution in [3.8, 4) is 0 Å². The molecule has 94 valence electrons. The lowest BCUT2D eigenvalue weighted by Gasteiger charge is -2.29. The van der Waals surface area contributed by atoms with Crippen LogP contribution in [0.1, 0.15) is 0 Å². The van der Waals surface area contributed by atoms with Crippen LogP contribution in [0.2, 0.25) is 0 Å². The molecule has 1 saturated heterocycles. The van der Waals surface area contributed by atoms with Crippen LogP contribution in [0, 0.1) is 0 Å². The van der Waals surface area contributed by atoms with Gasteiger partial charge in [-0.05, 0) is 34.1 Å². The van der Waals surface area contributed by atoms with Gasteiger partial charge in [0.2, 0.25) is 10.0 Å². The molecular formula is C10H13BrN2O3S. The van der Waals surface area contributed by atoms with Gasteiger partial charge in [0.15, 0.2) is 0 Å². The van der Waals surface area contributed by atoms with Crippen molar-refractivity contribution in [2.24, 2.45) is 5.14 Å². The van der Waals surface area contributed by atoms with Gasteiger partial charge in [0, 0.05) is 17.6 Å². The number of sulfonamides is 1. The molecule has 0 saturated carbocycles. The molecule has 0 aromatic heterocycles. The molecular weight excluding hydrogens is 308 g/mol. The van der Waals surface area contributed by atoms with E-state index in [2.05, 4.69) is 20.8 Å². The van der Waals surface area contributed by atoms with E-state index in [1.54, 1.807) is 6.07 Å². The molecule has 0 radical (unpaired) electrons. The molecule has 0 bridgehead atoms. The predicted octanol–water partition coefficient (Wildman–Crippen LogP) is 0.933. The third-order valence-corrected chi connectivity index (χ3v) is 4.15. The summed E-state index contributed by atoms with van der Waals surface area (Å²) >= 11 is 3.37. The zero-order valence-electron chi connectivity index (χ0n) is 9.10. The van der Waals surface area contributed by atoms with Gasteiger partial charge in [-0.15, -0.1) is 0 Å². The maximum absolute atomic E-state index is 11.2. The molecule has 1 aliphatic rings. The summed E-state index contributed by atoms with van der Waals surface area (Å²) < 4.78 is 28.4. The molecule has 1 aromatic rings. The topological polar surface area (TPSA) is 72.6 Å². The van der Waals surface area contributed by atoms with Crippen molar-refractivity contribution < 1.29 is 13.2 Å². The highest BCUT2D eigenvalue weighted by atomic mass is 79.9. The summed E-state index contributed by atoms with van der Waals surface area (Å²) in [6.07, 6.45) is 0. The Kier molecular flexibility index (Phi) is 3.72. The van der Waals surface area contributed by atoms with E-state index in [9.17, 15) is 8.42 Å². The van der Waals surface area contributed by atoms with E-state index < -0.39 is 10.0 Å². The quantitative estimate of drug-likeness (QED) is 0.880. The van der Waals surface area contributed by atoms with Crippen molar-refractivity contribution in [3.63, 3.8) is 0 Å². The second kappa shape index (κ2) is 4.93. The largest absolute Gasteiger partial charge is 0.378 e. The van der Waals surface area contributed by atoms with E-state index in [1.165, 1.54) is 12.1 Å². The second-order valence-corrected chi connectivity index (χ2v) is 6.17. The van der Waals surface area contributed by atoms with Gasteiger partial charge in [0.25, 0.3) is 0 Å². The lowest BCUT2D eigenvalue weighted by molar-refractivity contribution is 0.122. The Balaban J connectivity index is 2.31. The van der Waals surface area contributed by atoms with E-state index in [-0.39, 0.29) is 4.90 Å².